The maximum atomic E-state index is 13.4. The lowest BCUT2D eigenvalue weighted by molar-refractivity contribution is 0.307. The summed E-state index contributed by atoms with van der Waals surface area (Å²) in [6.45, 7) is 1.27. The molecule has 1 aliphatic rings. The zero-order chi connectivity index (χ0) is 13.2. The first-order chi connectivity index (χ1) is 9.28. The Labute approximate surface area is 110 Å². The lowest BCUT2D eigenvalue weighted by Gasteiger charge is -2.32. The van der Waals surface area contributed by atoms with Crippen molar-refractivity contribution in [3.05, 3.63) is 30.3 Å². The molecular formula is C14H15F2N3. The van der Waals surface area contributed by atoms with Crippen molar-refractivity contribution in [3.8, 4) is 0 Å². The molecule has 3 nitrogen and oxygen atoms in total. The van der Waals surface area contributed by atoms with Crippen LogP contribution in [-0.2, 0) is 0 Å². The highest BCUT2D eigenvalue weighted by Gasteiger charge is 2.21. The molecule has 1 aromatic heterocycles. The molecule has 0 unspecified atom stereocenters. The van der Waals surface area contributed by atoms with E-state index >= 15 is 0 Å². The molecule has 0 bridgehead atoms. The van der Waals surface area contributed by atoms with Crippen molar-refractivity contribution in [2.24, 2.45) is 5.92 Å². The van der Waals surface area contributed by atoms with E-state index < -0.39 is 0 Å². The zero-order valence-electron chi connectivity index (χ0n) is 10.5. The molecule has 0 saturated carbocycles. The topological polar surface area (TPSA) is 29.0 Å². The van der Waals surface area contributed by atoms with Gasteiger partial charge in [-0.3, -0.25) is 4.39 Å². The van der Waals surface area contributed by atoms with Gasteiger partial charge in [0.2, 0.25) is 0 Å². The first-order valence-corrected chi connectivity index (χ1v) is 6.49. The largest absolute Gasteiger partial charge is 0.356 e. The summed E-state index contributed by atoms with van der Waals surface area (Å²) >= 11 is 0. The number of piperidine rings is 1. The number of hydrogen-bond donors (Lipinski definition) is 0. The number of benzene rings is 1. The molecule has 100 valence electrons. The van der Waals surface area contributed by atoms with Gasteiger partial charge < -0.3 is 4.90 Å². The van der Waals surface area contributed by atoms with Crippen molar-refractivity contribution in [2.45, 2.75) is 12.8 Å². The standard InChI is InChI=1S/C14H15F2N3/c15-8-10-3-5-19(6-4-10)14-12-7-11(16)1-2-13(12)17-9-18-14/h1-2,7,9-10H,3-6,8H2. The molecule has 1 fully saturated rings. The molecule has 3 rings (SSSR count). The molecule has 19 heavy (non-hydrogen) atoms. The highest BCUT2D eigenvalue weighted by atomic mass is 19.1. The smallest absolute Gasteiger partial charge is 0.139 e. The lowest BCUT2D eigenvalue weighted by Crippen LogP contribution is -2.35. The Hall–Kier alpha value is -1.78. The van der Waals surface area contributed by atoms with Gasteiger partial charge in [0.25, 0.3) is 0 Å². The van der Waals surface area contributed by atoms with Gasteiger partial charge in [-0.15, -0.1) is 0 Å². The third-order valence-corrected chi connectivity index (χ3v) is 3.71. The van der Waals surface area contributed by atoms with E-state index in [2.05, 4.69) is 14.9 Å². The van der Waals surface area contributed by atoms with E-state index in [0.717, 1.165) is 42.7 Å². The third-order valence-electron chi connectivity index (χ3n) is 3.71. The second-order valence-electron chi connectivity index (χ2n) is 4.94. The Morgan fingerprint density at radius 1 is 1.21 bits per heavy atom. The molecule has 1 aromatic carbocycles. The van der Waals surface area contributed by atoms with Crippen LogP contribution in [0.2, 0.25) is 0 Å². The maximum absolute atomic E-state index is 13.4. The molecule has 0 amide bonds. The van der Waals surface area contributed by atoms with Crippen LogP contribution < -0.4 is 4.90 Å². The summed E-state index contributed by atoms with van der Waals surface area (Å²) in [5.41, 5.74) is 0.735. The fourth-order valence-electron chi connectivity index (χ4n) is 2.57. The summed E-state index contributed by atoms with van der Waals surface area (Å²) in [6.07, 6.45) is 3.13. The highest BCUT2D eigenvalue weighted by Crippen LogP contribution is 2.27. The van der Waals surface area contributed by atoms with Gasteiger partial charge in [-0.25, -0.2) is 14.4 Å². The Morgan fingerprint density at radius 2 is 2.00 bits per heavy atom. The third kappa shape index (κ3) is 2.37. The second-order valence-corrected chi connectivity index (χ2v) is 4.94. The number of halogens is 2. The lowest BCUT2D eigenvalue weighted by atomic mass is 9.98. The maximum Gasteiger partial charge on any atom is 0.139 e. The van der Waals surface area contributed by atoms with Gasteiger partial charge in [0.15, 0.2) is 0 Å². The van der Waals surface area contributed by atoms with E-state index in [1.165, 1.54) is 18.5 Å². The summed E-state index contributed by atoms with van der Waals surface area (Å²) < 4.78 is 26.0. The summed E-state index contributed by atoms with van der Waals surface area (Å²) in [4.78, 5) is 10.5. The van der Waals surface area contributed by atoms with Gasteiger partial charge in [0.05, 0.1) is 12.2 Å². The Morgan fingerprint density at radius 3 is 2.74 bits per heavy atom. The van der Waals surface area contributed by atoms with E-state index in [1.807, 2.05) is 0 Å². The number of fused-ring (bicyclic) bond motifs is 1. The summed E-state index contributed by atoms with van der Waals surface area (Å²) in [7, 11) is 0. The number of hydrogen-bond acceptors (Lipinski definition) is 3. The van der Waals surface area contributed by atoms with Gasteiger partial charge in [0.1, 0.15) is 18.0 Å². The van der Waals surface area contributed by atoms with Crippen LogP contribution in [0.15, 0.2) is 24.5 Å². The van der Waals surface area contributed by atoms with Crippen molar-refractivity contribution >= 4 is 16.7 Å². The van der Waals surface area contributed by atoms with Gasteiger partial charge in [0, 0.05) is 18.5 Å². The first-order valence-electron chi connectivity index (χ1n) is 6.49. The fourth-order valence-corrected chi connectivity index (χ4v) is 2.57. The van der Waals surface area contributed by atoms with Crippen molar-refractivity contribution in [2.75, 3.05) is 24.7 Å². The molecule has 1 aliphatic heterocycles. The first kappa shape index (κ1) is 12.3. The van der Waals surface area contributed by atoms with Crippen molar-refractivity contribution in [3.63, 3.8) is 0 Å². The van der Waals surface area contributed by atoms with Crippen LogP contribution >= 0.6 is 0 Å². The molecule has 0 spiro atoms. The number of alkyl halides is 1. The number of aromatic nitrogens is 2. The predicted molar refractivity (Wildman–Crippen MR) is 70.4 cm³/mol. The van der Waals surface area contributed by atoms with E-state index in [4.69, 9.17) is 0 Å². The Balaban J connectivity index is 1.94. The monoisotopic (exact) mass is 263 g/mol. The quantitative estimate of drug-likeness (QED) is 0.834. The van der Waals surface area contributed by atoms with Crippen molar-refractivity contribution < 1.29 is 8.78 Å². The molecule has 0 atom stereocenters. The highest BCUT2D eigenvalue weighted by molar-refractivity contribution is 5.89. The van der Waals surface area contributed by atoms with Gasteiger partial charge in [-0.1, -0.05) is 0 Å². The van der Waals surface area contributed by atoms with Crippen LogP contribution in [0.4, 0.5) is 14.6 Å². The number of rotatable bonds is 2. The Bertz CT molecular complexity index is 580. The average Bonchev–Trinajstić information content (AvgIpc) is 2.47. The van der Waals surface area contributed by atoms with Crippen molar-refractivity contribution in [1.29, 1.82) is 0 Å². The molecule has 0 N–H and O–H groups in total. The van der Waals surface area contributed by atoms with Gasteiger partial charge in [-0.05, 0) is 37.0 Å². The molecule has 0 radical (unpaired) electrons. The predicted octanol–water partition coefficient (Wildman–Crippen LogP) is 2.95. The average molecular weight is 263 g/mol. The SMILES string of the molecule is FCC1CCN(c2ncnc3ccc(F)cc23)CC1. The second kappa shape index (κ2) is 5.07. The summed E-state index contributed by atoms with van der Waals surface area (Å²) in [6, 6.07) is 4.52. The van der Waals surface area contributed by atoms with Gasteiger partial charge >= 0.3 is 0 Å². The fraction of sp³-hybridized carbons (Fsp3) is 0.429. The minimum absolute atomic E-state index is 0.154. The summed E-state index contributed by atoms with van der Waals surface area (Å²) in [5.74, 6) is 0.616. The van der Waals surface area contributed by atoms with E-state index in [1.54, 1.807) is 6.07 Å². The minimum Gasteiger partial charge on any atom is -0.356 e. The molecule has 1 saturated heterocycles. The van der Waals surface area contributed by atoms with E-state index in [0.29, 0.717) is 0 Å². The molecule has 0 aliphatic carbocycles. The molecule has 2 aromatic rings. The van der Waals surface area contributed by atoms with Gasteiger partial charge in [-0.2, -0.15) is 0 Å². The number of nitrogens with zero attached hydrogens (tertiary/aromatic N) is 3. The van der Waals surface area contributed by atoms with Crippen LogP contribution in [-0.4, -0.2) is 29.7 Å². The Kier molecular flexibility index (Phi) is 3.27. The van der Waals surface area contributed by atoms with Crippen LogP contribution in [0.1, 0.15) is 12.8 Å². The van der Waals surface area contributed by atoms with Crippen LogP contribution in [0.3, 0.4) is 0 Å². The van der Waals surface area contributed by atoms with Crippen LogP contribution in [0, 0.1) is 11.7 Å². The van der Waals surface area contributed by atoms with E-state index in [9.17, 15) is 8.78 Å². The molecule has 5 heteroatoms. The normalized spacial score (nSPS) is 17.1. The van der Waals surface area contributed by atoms with Crippen LogP contribution in [0.25, 0.3) is 10.9 Å². The van der Waals surface area contributed by atoms with Crippen molar-refractivity contribution in [1.82, 2.24) is 9.97 Å². The minimum atomic E-state index is -0.290. The summed E-state index contributed by atoms with van der Waals surface area (Å²) in [5, 5.41) is 0.723. The molecular weight excluding hydrogens is 248 g/mol. The number of anilines is 1. The molecule has 2 heterocycles. The van der Waals surface area contributed by atoms with Crippen LogP contribution in [0.5, 0.6) is 0 Å². The zero-order valence-corrected chi connectivity index (χ0v) is 10.5. The van der Waals surface area contributed by atoms with E-state index in [-0.39, 0.29) is 18.4 Å².